The smallest absolute Gasteiger partial charge is 0.0612 e. The molecule has 3 rings (SSSR count). The van der Waals surface area contributed by atoms with Crippen molar-refractivity contribution in [2.75, 3.05) is 19.1 Å². The number of hydrogen-bond acceptors (Lipinski definition) is 2. The Kier molecular flexibility index (Phi) is 2.80. The Hall–Kier alpha value is -1.80. The average molecular weight is 238 g/mol. The van der Waals surface area contributed by atoms with Gasteiger partial charge >= 0.3 is 0 Å². The first-order valence-corrected chi connectivity index (χ1v) is 6.40. The Morgan fingerprint density at radius 3 is 1.67 bits per heavy atom. The zero-order valence-corrected chi connectivity index (χ0v) is 10.9. The third kappa shape index (κ3) is 1.79. The lowest BCUT2D eigenvalue weighted by molar-refractivity contribution is 0.417. The molecule has 2 aromatic rings. The first-order valence-electron chi connectivity index (χ1n) is 6.40. The number of hydrazine groups is 1. The van der Waals surface area contributed by atoms with E-state index in [9.17, 15) is 0 Å². The fourth-order valence-electron chi connectivity index (χ4n) is 2.69. The maximum Gasteiger partial charge on any atom is 0.0612 e. The molecule has 0 atom stereocenters. The molecule has 0 saturated heterocycles. The van der Waals surface area contributed by atoms with Gasteiger partial charge in [0.1, 0.15) is 0 Å². The highest BCUT2D eigenvalue weighted by Gasteiger charge is 2.21. The molecule has 1 heterocycles. The Balaban J connectivity index is 2.21. The molecule has 0 bridgehead atoms. The zero-order valence-electron chi connectivity index (χ0n) is 10.9. The van der Waals surface area contributed by atoms with Crippen LogP contribution < -0.4 is 5.01 Å². The molecule has 2 aromatic carbocycles. The van der Waals surface area contributed by atoms with Crippen molar-refractivity contribution in [2.45, 2.75) is 12.8 Å². The number of fused-ring (bicyclic) bond motifs is 2. The Bertz CT molecular complexity index is 513. The van der Waals surface area contributed by atoms with Gasteiger partial charge in [-0.05, 0) is 36.1 Å². The van der Waals surface area contributed by atoms with E-state index in [1.165, 1.54) is 22.5 Å². The number of para-hydroxylation sites is 2. The number of nitrogens with zero attached hydrogens (tertiary/aromatic N) is 2. The van der Waals surface area contributed by atoms with Gasteiger partial charge in [0.15, 0.2) is 0 Å². The lowest BCUT2D eigenvalue weighted by Gasteiger charge is -2.32. The van der Waals surface area contributed by atoms with Crippen LogP contribution in [0.4, 0.5) is 11.4 Å². The van der Waals surface area contributed by atoms with Crippen LogP contribution in [0.15, 0.2) is 48.5 Å². The second-order valence-corrected chi connectivity index (χ2v) is 4.92. The summed E-state index contributed by atoms with van der Waals surface area (Å²) in [5.74, 6) is 0. The van der Waals surface area contributed by atoms with Crippen molar-refractivity contribution in [1.29, 1.82) is 0 Å². The second-order valence-electron chi connectivity index (χ2n) is 4.92. The van der Waals surface area contributed by atoms with E-state index in [2.05, 4.69) is 72.6 Å². The van der Waals surface area contributed by atoms with Gasteiger partial charge in [0, 0.05) is 14.1 Å². The van der Waals surface area contributed by atoms with E-state index in [1.54, 1.807) is 0 Å². The zero-order chi connectivity index (χ0) is 12.5. The summed E-state index contributed by atoms with van der Waals surface area (Å²) in [6.07, 6.45) is 2.22. The highest BCUT2D eigenvalue weighted by molar-refractivity contribution is 5.69. The number of rotatable bonds is 1. The van der Waals surface area contributed by atoms with Crippen molar-refractivity contribution in [3.63, 3.8) is 0 Å². The van der Waals surface area contributed by atoms with Crippen molar-refractivity contribution in [2.24, 2.45) is 0 Å². The molecule has 92 valence electrons. The third-order valence-electron chi connectivity index (χ3n) is 3.50. The van der Waals surface area contributed by atoms with E-state index in [4.69, 9.17) is 0 Å². The first-order chi connectivity index (χ1) is 8.77. The van der Waals surface area contributed by atoms with Gasteiger partial charge in [-0.1, -0.05) is 36.4 Å². The molecule has 0 N–H and O–H groups in total. The molecule has 2 heteroatoms. The third-order valence-corrected chi connectivity index (χ3v) is 3.50. The maximum atomic E-state index is 2.30. The van der Waals surface area contributed by atoms with Crippen LogP contribution in [0.2, 0.25) is 0 Å². The van der Waals surface area contributed by atoms with Crippen LogP contribution in [0, 0.1) is 0 Å². The number of aryl methyl sites for hydroxylation is 2. The van der Waals surface area contributed by atoms with E-state index in [0.29, 0.717) is 0 Å². The summed E-state index contributed by atoms with van der Waals surface area (Å²) in [6.45, 7) is 0. The average Bonchev–Trinajstić information content (AvgIpc) is 2.55. The summed E-state index contributed by atoms with van der Waals surface area (Å²) in [7, 11) is 4.19. The molecule has 0 amide bonds. The lowest BCUT2D eigenvalue weighted by atomic mass is 10.0. The molecule has 0 unspecified atom stereocenters. The molecule has 0 radical (unpaired) electrons. The van der Waals surface area contributed by atoms with Gasteiger partial charge < -0.3 is 0 Å². The molecule has 0 aromatic heterocycles. The van der Waals surface area contributed by atoms with Crippen LogP contribution in [0.3, 0.4) is 0 Å². The van der Waals surface area contributed by atoms with E-state index < -0.39 is 0 Å². The monoisotopic (exact) mass is 238 g/mol. The van der Waals surface area contributed by atoms with Crippen LogP contribution in [0.5, 0.6) is 0 Å². The molecule has 1 aliphatic heterocycles. The van der Waals surface area contributed by atoms with Crippen LogP contribution in [-0.2, 0) is 12.8 Å². The standard InChI is InChI=1S/C16H18N2/c1-17(2)18-15-9-5-3-7-13(15)11-12-14-8-4-6-10-16(14)18/h3-10H,11-12H2,1-2H3. The lowest BCUT2D eigenvalue weighted by Crippen LogP contribution is -2.33. The van der Waals surface area contributed by atoms with Crippen molar-refractivity contribution >= 4 is 11.4 Å². The molecule has 2 nitrogen and oxygen atoms in total. The first kappa shape index (κ1) is 11.3. The van der Waals surface area contributed by atoms with Gasteiger partial charge in [-0.2, -0.15) is 0 Å². The molecule has 18 heavy (non-hydrogen) atoms. The highest BCUT2D eigenvalue weighted by Crippen LogP contribution is 2.36. The maximum absolute atomic E-state index is 2.30. The highest BCUT2D eigenvalue weighted by atomic mass is 15.6. The molecule has 0 fully saturated rings. The van der Waals surface area contributed by atoms with Crippen LogP contribution >= 0.6 is 0 Å². The fourth-order valence-corrected chi connectivity index (χ4v) is 2.69. The SMILES string of the molecule is CN(C)N1c2ccccc2CCc2ccccc21. The molecule has 0 spiro atoms. The minimum Gasteiger partial charge on any atom is -0.274 e. The quantitative estimate of drug-likeness (QED) is 0.751. The van der Waals surface area contributed by atoms with E-state index in [0.717, 1.165) is 12.8 Å². The van der Waals surface area contributed by atoms with Crippen molar-refractivity contribution in [3.05, 3.63) is 59.7 Å². The van der Waals surface area contributed by atoms with Crippen LogP contribution in [0.25, 0.3) is 0 Å². The van der Waals surface area contributed by atoms with E-state index in [-0.39, 0.29) is 0 Å². The number of benzene rings is 2. The van der Waals surface area contributed by atoms with E-state index in [1.807, 2.05) is 0 Å². The molecule has 1 aliphatic rings. The summed E-state index contributed by atoms with van der Waals surface area (Å²) in [5.41, 5.74) is 5.43. The fraction of sp³-hybridized carbons (Fsp3) is 0.250. The van der Waals surface area contributed by atoms with Gasteiger partial charge in [-0.15, -0.1) is 0 Å². The topological polar surface area (TPSA) is 6.48 Å². The Morgan fingerprint density at radius 2 is 1.22 bits per heavy atom. The summed E-state index contributed by atoms with van der Waals surface area (Å²) in [5, 5.41) is 4.46. The van der Waals surface area contributed by atoms with E-state index >= 15 is 0 Å². The number of anilines is 2. The second kappa shape index (κ2) is 4.46. The van der Waals surface area contributed by atoms with Gasteiger partial charge in [0.2, 0.25) is 0 Å². The van der Waals surface area contributed by atoms with Gasteiger partial charge in [-0.3, -0.25) is 5.01 Å². The molecular formula is C16H18N2. The van der Waals surface area contributed by atoms with Gasteiger partial charge in [-0.25, -0.2) is 5.01 Å². The Morgan fingerprint density at radius 1 is 0.778 bits per heavy atom. The van der Waals surface area contributed by atoms with Crippen LogP contribution in [0.1, 0.15) is 11.1 Å². The largest absolute Gasteiger partial charge is 0.274 e. The molecular weight excluding hydrogens is 220 g/mol. The molecule has 0 saturated carbocycles. The van der Waals surface area contributed by atoms with Crippen LogP contribution in [-0.4, -0.2) is 19.1 Å². The summed E-state index contributed by atoms with van der Waals surface area (Å²) < 4.78 is 0. The predicted molar refractivity (Wildman–Crippen MR) is 76.1 cm³/mol. The Labute approximate surface area is 108 Å². The van der Waals surface area contributed by atoms with Gasteiger partial charge in [0.25, 0.3) is 0 Å². The normalized spacial score (nSPS) is 14.1. The van der Waals surface area contributed by atoms with Crippen molar-refractivity contribution in [1.82, 2.24) is 5.01 Å². The minimum atomic E-state index is 1.11. The van der Waals surface area contributed by atoms with Crippen molar-refractivity contribution < 1.29 is 0 Å². The summed E-state index contributed by atoms with van der Waals surface area (Å²) >= 11 is 0. The number of hydrogen-bond donors (Lipinski definition) is 0. The predicted octanol–water partition coefficient (Wildman–Crippen LogP) is 3.40. The van der Waals surface area contributed by atoms with Crippen molar-refractivity contribution in [3.8, 4) is 0 Å². The van der Waals surface area contributed by atoms with Gasteiger partial charge in [0.05, 0.1) is 11.4 Å². The molecule has 0 aliphatic carbocycles. The summed E-state index contributed by atoms with van der Waals surface area (Å²) in [6, 6.07) is 17.4. The minimum absolute atomic E-state index is 1.11. The summed E-state index contributed by atoms with van der Waals surface area (Å²) in [4.78, 5) is 0.